The minimum atomic E-state index is -0.535. The number of aryl methyl sites for hydroxylation is 1. The predicted molar refractivity (Wildman–Crippen MR) is 54.1 cm³/mol. The highest BCUT2D eigenvalue weighted by Crippen LogP contribution is 2.13. The van der Waals surface area contributed by atoms with E-state index in [-0.39, 0.29) is 6.54 Å². The van der Waals surface area contributed by atoms with Gasteiger partial charge in [-0.1, -0.05) is 5.21 Å². The summed E-state index contributed by atoms with van der Waals surface area (Å²) >= 11 is 0. The van der Waals surface area contributed by atoms with Crippen LogP contribution >= 0.6 is 0 Å². The molecule has 1 rings (SSSR count). The summed E-state index contributed by atoms with van der Waals surface area (Å²) in [5.41, 5.74) is 5.67. The molecule has 0 spiro atoms. The van der Waals surface area contributed by atoms with Crippen molar-refractivity contribution in [2.45, 2.75) is 32.9 Å². The molecule has 0 saturated heterocycles. The Hall–Kier alpha value is -1.43. The number of hydrogen-bond acceptors (Lipinski definition) is 5. The third kappa shape index (κ3) is 2.76. The molecule has 0 radical (unpaired) electrons. The minimum absolute atomic E-state index is 0.169. The average molecular weight is 212 g/mol. The van der Waals surface area contributed by atoms with Crippen molar-refractivity contribution in [3.8, 4) is 0 Å². The van der Waals surface area contributed by atoms with Crippen molar-refractivity contribution in [1.29, 1.82) is 0 Å². The summed E-state index contributed by atoms with van der Waals surface area (Å²) in [6.45, 7) is 5.58. The second-order valence-corrected chi connectivity index (χ2v) is 4.21. The summed E-state index contributed by atoms with van der Waals surface area (Å²) in [5.74, 6) is -0.449. The van der Waals surface area contributed by atoms with E-state index < -0.39 is 11.6 Å². The lowest BCUT2D eigenvalue weighted by molar-refractivity contribution is 0.00563. The first kappa shape index (κ1) is 11.6. The molecule has 0 aliphatic carbocycles. The number of hydrogen-bond donors (Lipinski definition) is 1. The molecule has 0 aliphatic heterocycles. The van der Waals surface area contributed by atoms with Gasteiger partial charge in [-0.05, 0) is 20.8 Å². The van der Waals surface area contributed by atoms with Crippen LogP contribution in [0.2, 0.25) is 0 Å². The number of aromatic nitrogens is 3. The molecule has 0 unspecified atom stereocenters. The first-order valence-corrected chi connectivity index (χ1v) is 4.67. The second-order valence-electron chi connectivity index (χ2n) is 4.21. The summed E-state index contributed by atoms with van der Waals surface area (Å²) in [5, 5.41) is 7.50. The standard InChI is InChI=1S/C9H16N4O2/c1-9(2,3)15-8(14)7-6(5-10)11-12-13(7)4/h5,10H2,1-4H3. The molecule has 0 bridgehead atoms. The van der Waals surface area contributed by atoms with Crippen LogP contribution in [0.3, 0.4) is 0 Å². The first-order chi connectivity index (χ1) is 6.85. The van der Waals surface area contributed by atoms with E-state index in [9.17, 15) is 4.79 Å². The Balaban J connectivity index is 2.95. The summed E-state index contributed by atoms with van der Waals surface area (Å²) in [6.07, 6.45) is 0. The maximum Gasteiger partial charge on any atom is 0.359 e. The molecule has 1 aromatic rings. The Morgan fingerprint density at radius 2 is 2.13 bits per heavy atom. The number of carbonyl (C=O) groups excluding carboxylic acids is 1. The van der Waals surface area contributed by atoms with Crippen molar-refractivity contribution < 1.29 is 9.53 Å². The second kappa shape index (κ2) is 3.98. The molecule has 2 N–H and O–H groups in total. The first-order valence-electron chi connectivity index (χ1n) is 4.67. The van der Waals surface area contributed by atoms with Crippen LogP contribution in [0.25, 0.3) is 0 Å². The van der Waals surface area contributed by atoms with Gasteiger partial charge in [-0.15, -0.1) is 5.10 Å². The quantitative estimate of drug-likeness (QED) is 0.709. The molecule has 6 nitrogen and oxygen atoms in total. The molecule has 84 valence electrons. The van der Waals surface area contributed by atoms with Crippen LogP contribution < -0.4 is 5.73 Å². The van der Waals surface area contributed by atoms with Gasteiger partial charge >= 0.3 is 5.97 Å². The molecule has 6 heteroatoms. The summed E-state index contributed by atoms with van der Waals surface area (Å²) in [6, 6.07) is 0. The molecule has 15 heavy (non-hydrogen) atoms. The maximum absolute atomic E-state index is 11.7. The van der Waals surface area contributed by atoms with Gasteiger partial charge in [0.05, 0.1) is 0 Å². The van der Waals surface area contributed by atoms with Gasteiger partial charge in [-0.2, -0.15) is 0 Å². The Morgan fingerprint density at radius 1 is 1.53 bits per heavy atom. The fourth-order valence-corrected chi connectivity index (χ4v) is 1.11. The summed E-state index contributed by atoms with van der Waals surface area (Å²) in [7, 11) is 1.63. The lowest BCUT2D eigenvalue weighted by Gasteiger charge is -2.19. The SMILES string of the molecule is Cn1nnc(CN)c1C(=O)OC(C)(C)C. The summed E-state index contributed by atoms with van der Waals surface area (Å²) < 4.78 is 6.58. The van der Waals surface area contributed by atoms with Crippen LogP contribution in [-0.2, 0) is 18.3 Å². The van der Waals surface area contributed by atoms with E-state index >= 15 is 0 Å². The molecule has 0 aliphatic rings. The van der Waals surface area contributed by atoms with Crippen molar-refractivity contribution in [2.75, 3.05) is 0 Å². The van der Waals surface area contributed by atoms with Crippen molar-refractivity contribution in [1.82, 2.24) is 15.0 Å². The monoisotopic (exact) mass is 212 g/mol. The Labute approximate surface area is 88.4 Å². The highest BCUT2D eigenvalue weighted by Gasteiger charge is 2.24. The lowest BCUT2D eigenvalue weighted by atomic mass is 10.2. The Kier molecular flexibility index (Phi) is 3.09. The van der Waals surface area contributed by atoms with Crippen LogP contribution in [0.1, 0.15) is 37.0 Å². The highest BCUT2D eigenvalue weighted by atomic mass is 16.6. The predicted octanol–water partition coefficient (Wildman–Crippen LogP) is 0.229. The van der Waals surface area contributed by atoms with E-state index in [0.717, 1.165) is 0 Å². The van der Waals surface area contributed by atoms with Gasteiger partial charge in [-0.3, -0.25) is 0 Å². The number of carbonyl (C=O) groups is 1. The zero-order valence-corrected chi connectivity index (χ0v) is 9.44. The summed E-state index contributed by atoms with van der Waals surface area (Å²) in [4.78, 5) is 11.7. The van der Waals surface area contributed by atoms with E-state index in [2.05, 4.69) is 10.3 Å². The maximum atomic E-state index is 11.7. The molecule has 0 saturated carbocycles. The van der Waals surface area contributed by atoms with Crippen molar-refractivity contribution >= 4 is 5.97 Å². The minimum Gasteiger partial charge on any atom is -0.455 e. The number of nitrogens with zero attached hydrogens (tertiary/aromatic N) is 3. The number of rotatable bonds is 2. The van der Waals surface area contributed by atoms with Gasteiger partial charge in [0, 0.05) is 13.6 Å². The van der Waals surface area contributed by atoms with Crippen LogP contribution in [0.15, 0.2) is 0 Å². The van der Waals surface area contributed by atoms with Gasteiger partial charge in [0.1, 0.15) is 11.3 Å². The molecular weight excluding hydrogens is 196 g/mol. The largest absolute Gasteiger partial charge is 0.455 e. The smallest absolute Gasteiger partial charge is 0.359 e. The van der Waals surface area contributed by atoms with E-state index in [1.54, 1.807) is 27.8 Å². The molecule has 1 heterocycles. The van der Waals surface area contributed by atoms with Crippen molar-refractivity contribution in [2.24, 2.45) is 12.8 Å². The normalized spacial score (nSPS) is 11.5. The third-order valence-corrected chi connectivity index (χ3v) is 1.68. The highest BCUT2D eigenvalue weighted by molar-refractivity contribution is 5.88. The molecule has 0 amide bonds. The lowest BCUT2D eigenvalue weighted by Crippen LogP contribution is -2.26. The Morgan fingerprint density at radius 3 is 2.60 bits per heavy atom. The van der Waals surface area contributed by atoms with Crippen LogP contribution in [0.4, 0.5) is 0 Å². The van der Waals surface area contributed by atoms with Gasteiger partial charge in [0.15, 0.2) is 5.69 Å². The average Bonchev–Trinajstić information content (AvgIpc) is 2.43. The molecule has 0 fully saturated rings. The van der Waals surface area contributed by atoms with Gasteiger partial charge in [-0.25, -0.2) is 9.48 Å². The fourth-order valence-electron chi connectivity index (χ4n) is 1.11. The van der Waals surface area contributed by atoms with Crippen molar-refractivity contribution in [3.05, 3.63) is 11.4 Å². The van der Waals surface area contributed by atoms with E-state index in [0.29, 0.717) is 11.4 Å². The van der Waals surface area contributed by atoms with E-state index in [1.165, 1.54) is 4.68 Å². The molecule has 0 atom stereocenters. The number of ether oxygens (including phenoxy) is 1. The number of nitrogens with two attached hydrogens (primary N) is 1. The van der Waals surface area contributed by atoms with E-state index in [4.69, 9.17) is 10.5 Å². The molecule has 0 aromatic carbocycles. The molecule has 1 aromatic heterocycles. The number of esters is 1. The van der Waals surface area contributed by atoms with Crippen LogP contribution in [0.5, 0.6) is 0 Å². The topological polar surface area (TPSA) is 83.0 Å². The Bertz CT molecular complexity index is 365. The van der Waals surface area contributed by atoms with Crippen molar-refractivity contribution in [3.63, 3.8) is 0 Å². The third-order valence-electron chi connectivity index (χ3n) is 1.68. The van der Waals surface area contributed by atoms with E-state index in [1.807, 2.05) is 0 Å². The van der Waals surface area contributed by atoms with Gasteiger partial charge in [0.25, 0.3) is 0 Å². The molecular formula is C9H16N4O2. The van der Waals surface area contributed by atoms with Crippen LogP contribution in [-0.4, -0.2) is 26.6 Å². The zero-order chi connectivity index (χ0) is 11.6. The zero-order valence-electron chi connectivity index (χ0n) is 9.44. The van der Waals surface area contributed by atoms with Gasteiger partial charge in [0.2, 0.25) is 0 Å². The van der Waals surface area contributed by atoms with Crippen LogP contribution in [0, 0.1) is 0 Å². The van der Waals surface area contributed by atoms with Gasteiger partial charge < -0.3 is 10.5 Å². The fraction of sp³-hybridized carbons (Fsp3) is 0.667.